The molecule has 33 heavy (non-hydrogen) atoms. The van der Waals surface area contributed by atoms with Crippen molar-refractivity contribution in [3.05, 3.63) is 59.9 Å². The van der Waals surface area contributed by atoms with Gasteiger partial charge in [0, 0.05) is 26.1 Å². The molecule has 5 rings (SSSR count). The Morgan fingerprint density at radius 2 is 2.09 bits per heavy atom. The first-order valence-corrected chi connectivity index (χ1v) is 11.4. The Morgan fingerprint density at radius 1 is 1.27 bits per heavy atom. The smallest absolute Gasteiger partial charge is 0.234 e. The summed E-state index contributed by atoms with van der Waals surface area (Å²) in [7, 11) is 0. The number of fused-ring (bicyclic) bond motifs is 3. The van der Waals surface area contributed by atoms with Gasteiger partial charge in [-0.2, -0.15) is 5.10 Å². The average Bonchev–Trinajstić information content (AvgIpc) is 3.16. The highest BCUT2D eigenvalue weighted by atomic mass is 19.1. The van der Waals surface area contributed by atoms with Crippen LogP contribution in [-0.4, -0.2) is 61.1 Å². The molecular formula is C25H27FN4O3. The summed E-state index contributed by atoms with van der Waals surface area (Å²) in [6.45, 7) is 4.46. The third-order valence-electron chi connectivity index (χ3n) is 6.84. The maximum absolute atomic E-state index is 14.1. The van der Waals surface area contributed by atoms with Crippen molar-refractivity contribution in [2.24, 2.45) is 5.10 Å². The van der Waals surface area contributed by atoms with Crippen LogP contribution in [-0.2, 0) is 15.0 Å². The van der Waals surface area contributed by atoms with E-state index in [1.54, 1.807) is 11.1 Å². The van der Waals surface area contributed by atoms with E-state index in [1.807, 2.05) is 30.3 Å². The molecule has 3 heterocycles. The summed E-state index contributed by atoms with van der Waals surface area (Å²) >= 11 is 0. The molecule has 0 aromatic heterocycles. The van der Waals surface area contributed by atoms with Crippen LogP contribution in [0.5, 0.6) is 5.75 Å². The Kier molecular flexibility index (Phi) is 5.62. The maximum Gasteiger partial charge on any atom is 0.234 e. The number of hydrazone groups is 1. The predicted molar refractivity (Wildman–Crippen MR) is 123 cm³/mol. The number of nitrogens with zero attached hydrogens (tertiary/aromatic N) is 3. The third-order valence-corrected chi connectivity index (χ3v) is 6.84. The van der Waals surface area contributed by atoms with E-state index in [9.17, 15) is 14.0 Å². The van der Waals surface area contributed by atoms with Crippen LogP contribution in [0.3, 0.4) is 0 Å². The number of hydrogen-bond acceptors (Lipinski definition) is 6. The number of nitrogens with one attached hydrogen (secondary N) is 1. The number of piperazine rings is 1. The minimum absolute atomic E-state index is 0.0383. The first-order valence-electron chi connectivity index (χ1n) is 11.4. The second kappa shape index (κ2) is 8.59. The van der Waals surface area contributed by atoms with Gasteiger partial charge in [-0.25, -0.2) is 4.39 Å². The number of carbonyl (C=O) groups is 2. The molecule has 1 fully saturated rings. The Bertz CT molecular complexity index is 1110. The lowest BCUT2D eigenvalue weighted by atomic mass is 9.67. The molecule has 2 atom stereocenters. The van der Waals surface area contributed by atoms with Gasteiger partial charge in [-0.3, -0.25) is 19.5 Å². The largest absolute Gasteiger partial charge is 0.489 e. The molecule has 2 aromatic rings. The Hall–Kier alpha value is -3.26. The number of anilines is 1. The number of carbonyl (C=O) groups excluding carboxylic acids is 2. The lowest BCUT2D eigenvalue weighted by Crippen LogP contribution is -2.54. The summed E-state index contributed by atoms with van der Waals surface area (Å²) in [5, 5.41) is 9.41. The van der Waals surface area contributed by atoms with Crippen molar-refractivity contribution < 1.29 is 18.7 Å². The fourth-order valence-corrected chi connectivity index (χ4v) is 5.37. The predicted octanol–water partition coefficient (Wildman–Crippen LogP) is 2.50. The van der Waals surface area contributed by atoms with E-state index in [0.29, 0.717) is 43.3 Å². The van der Waals surface area contributed by atoms with E-state index in [-0.39, 0.29) is 23.5 Å². The van der Waals surface area contributed by atoms with Crippen LogP contribution < -0.4 is 15.1 Å². The number of ether oxygens (including phenoxy) is 1. The van der Waals surface area contributed by atoms with E-state index >= 15 is 0 Å². The topological polar surface area (TPSA) is 74.2 Å². The van der Waals surface area contributed by atoms with Crippen LogP contribution in [0.1, 0.15) is 25.3 Å². The molecule has 7 nitrogen and oxygen atoms in total. The van der Waals surface area contributed by atoms with Crippen LogP contribution in [0, 0.1) is 5.82 Å². The van der Waals surface area contributed by atoms with Crippen molar-refractivity contribution in [1.82, 2.24) is 10.2 Å². The summed E-state index contributed by atoms with van der Waals surface area (Å²) in [6.07, 6.45) is 1.43. The molecule has 172 valence electrons. The van der Waals surface area contributed by atoms with Gasteiger partial charge in [-0.1, -0.05) is 30.3 Å². The van der Waals surface area contributed by atoms with Crippen molar-refractivity contribution in [3.63, 3.8) is 0 Å². The second-order valence-electron chi connectivity index (χ2n) is 8.86. The Balaban J connectivity index is 1.52. The normalized spacial score (nSPS) is 24.4. The molecule has 1 N–H and O–H groups in total. The molecule has 8 heteroatoms. The standard InChI is InChI=1S/C25H27FN4O3/c1-17(31)24-25(18-6-3-2-4-7-18,10-5-12-29-13-11-27-23(32)15-29)22-16-33-21-9-8-19(26)14-20(21)30(22)28-24/h2-4,6-9,14,22H,5,10-13,15-16H2,1H3,(H,27,32)/t22?,25-/m1/s1. The van der Waals surface area contributed by atoms with Crippen LogP contribution in [0.2, 0.25) is 0 Å². The number of benzene rings is 2. The second-order valence-corrected chi connectivity index (χ2v) is 8.86. The molecule has 1 amide bonds. The van der Waals surface area contributed by atoms with Gasteiger partial charge in [-0.05, 0) is 37.1 Å². The lowest BCUT2D eigenvalue weighted by Gasteiger charge is -2.42. The Labute approximate surface area is 192 Å². The average molecular weight is 451 g/mol. The van der Waals surface area contributed by atoms with Gasteiger partial charge in [-0.15, -0.1) is 0 Å². The van der Waals surface area contributed by atoms with Crippen molar-refractivity contribution in [2.45, 2.75) is 31.2 Å². The minimum atomic E-state index is -0.699. The summed E-state index contributed by atoms with van der Waals surface area (Å²) in [5.41, 5.74) is 1.30. The quantitative estimate of drug-likeness (QED) is 0.732. The van der Waals surface area contributed by atoms with Crippen molar-refractivity contribution in [2.75, 3.05) is 37.8 Å². The molecule has 3 aliphatic rings. The molecule has 0 saturated carbocycles. The zero-order valence-corrected chi connectivity index (χ0v) is 18.6. The summed E-state index contributed by atoms with van der Waals surface area (Å²) < 4.78 is 20.2. The van der Waals surface area contributed by atoms with Crippen molar-refractivity contribution in [1.29, 1.82) is 0 Å². The summed E-state index contributed by atoms with van der Waals surface area (Å²) in [5.74, 6) is 0.112. The van der Waals surface area contributed by atoms with E-state index in [4.69, 9.17) is 9.84 Å². The molecule has 0 spiro atoms. The number of amides is 1. The van der Waals surface area contributed by atoms with Crippen molar-refractivity contribution in [3.8, 4) is 5.75 Å². The van der Waals surface area contributed by atoms with Crippen LogP contribution in [0.25, 0.3) is 0 Å². The molecule has 1 unspecified atom stereocenters. The van der Waals surface area contributed by atoms with Crippen LogP contribution in [0.4, 0.5) is 10.1 Å². The Morgan fingerprint density at radius 3 is 2.85 bits per heavy atom. The van der Waals surface area contributed by atoms with Crippen molar-refractivity contribution >= 4 is 23.1 Å². The number of halogens is 1. The highest BCUT2D eigenvalue weighted by molar-refractivity contribution is 6.43. The van der Waals surface area contributed by atoms with Crippen LogP contribution >= 0.6 is 0 Å². The molecule has 1 saturated heterocycles. The first-order chi connectivity index (χ1) is 16.0. The minimum Gasteiger partial charge on any atom is -0.489 e. The SMILES string of the molecule is CC(=O)C1=NN2c3cc(F)ccc3OCC2[C@@]1(CCCN1CCNC(=O)C1)c1ccccc1. The lowest BCUT2D eigenvalue weighted by molar-refractivity contribution is -0.124. The molecule has 3 aliphatic heterocycles. The zero-order valence-electron chi connectivity index (χ0n) is 18.6. The number of Topliss-reactive ketones (excluding diaryl/α,β-unsaturated/α-hetero) is 1. The maximum atomic E-state index is 14.1. The summed E-state index contributed by atoms with van der Waals surface area (Å²) in [6, 6.07) is 14.0. The number of hydrogen-bond donors (Lipinski definition) is 1. The number of rotatable bonds is 6. The van der Waals surface area contributed by atoms with Gasteiger partial charge in [0.15, 0.2) is 5.78 Å². The third kappa shape index (κ3) is 3.78. The highest BCUT2D eigenvalue weighted by Gasteiger charge is 2.55. The van der Waals surface area contributed by atoms with E-state index < -0.39 is 5.41 Å². The van der Waals surface area contributed by atoms with E-state index in [0.717, 1.165) is 25.1 Å². The highest BCUT2D eigenvalue weighted by Crippen LogP contribution is 2.48. The fourth-order valence-electron chi connectivity index (χ4n) is 5.37. The van der Waals surface area contributed by atoms with Gasteiger partial charge in [0.1, 0.15) is 35.6 Å². The van der Waals surface area contributed by atoms with Gasteiger partial charge in [0.05, 0.1) is 12.0 Å². The molecule has 0 radical (unpaired) electrons. The van der Waals surface area contributed by atoms with Gasteiger partial charge in [0.2, 0.25) is 5.91 Å². The molecule has 0 aliphatic carbocycles. The van der Waals surface area contributed by atoms with E-state index in [2.05, 4.69) is 10.2 Å². The zero-order chi connectivity index (χ0) is 23.0. The fraction of sp³-hybridized carbons (Fsp3) is 0.400. The molecule has 2 aromatic carbocycles. The molecular weight excluding hydrogens is 423 g/mol. The first kappa shape index (κ1) is 21.6. The summed E-state index contributed by atoms with van der Waals surface area (Å²) in [4.78, 5) is 26.8. The van der Waals surface area contributed by atoms with E-state index in [1.165, 1.54) is 19.1 Å². The van der Waals surface area contributed by atoms with Crippen LogP contribution in [0.15, 0.2) is 53.6 Å². The van der Waals surface area contributed by atoms with Gasteiger partial charge < -0.3 is 10.1 Å². The van der Waals surface area contributed by atoms with Gasteiger partial charge >= 0.3 is 0 Å². The monoisotopic (exact) mass is 450 g/mol. The number of ketones is 1. The van der Waals surface area contributed by atoms with Gasteiger partial charge in [0.25, 0.3) is 0 Å². The molecule has 0 bridgehead atoms.